The second kappa shape index (κ2) is 4.65. The van der Waals surface area contributed by atoms with Gasteiger partial charge in [0.05, 0.1) is 6.61 Å². The molecule has 0 N–H and O–H groups in total. The molecule has 0 aliphatic heterocycles. The van der Waals surface area contributed by atoms with E-state index >= 15 is 0 Å². The summed E-state index contributed by atoms with van der Waals surface area (Å²) in [5.74, 6) is 3.37. The molecule has 0 amide bonds. The normalized spacial score (nSPS) is 15.1. The summed E-state index contributed by atoms with van der Waals surface area (Å²) >= 11 is 0. The molecule has 4 nitrogen and oxygen atoms in total. The quantitative estimate of drug-likeness (QED) is 0.632. The van der Waals surface area contributed by atoms with Gasteiger partial charge in [-0.25, -0.2) is 9.59 Å². The van der Waals surface area contributed by atoms with Gasteiger partial charge in [-0.2, -0.15) is 0 Å². The summed E-state index contributed by atoms with van der Waals surface area (Å²) in [4.78, 5) is 35.0. The van der Waals surface area contributed by atoms with Gasteiger partial charge in [0, 0.05) is 22.1 Å². The molecule has 2 aliphatic rings. The highest BCUT2D eigenvalue weighted by Gasteiger charge is 2.42. The fourth-order valence-corrected chi connectivity index (χ4v) is 3.41. The molecule has 110 valence electrons. The lowest BCUT2D eigenvalue weighted by Crippen LogP contribution is -2.04. The Hall–Kier alpha value is -3.19. The predicted molar refractivity (Wildman–Crippen MR) is 85.4 cm³/mol. The highest BCUT2D eigenvalue weighted by molar-refractivity contribution is 6.46. The van der Waals surface area contributed by atoms with Crippen LogP contribution in [0.25, 0.3) is 21.9 Å². The van der Waals surface area contributed by atoms with Crippen molar-refractivity contribution in [1.29, 1.82) is 0 Å². The van der Waals surface area contributed by atoms with E-state index in [1.807, 2.05) is 37.3 Å². The molecule has 4 rings (SSSR count). The van der Waals surface area contributed by atoms with Crippen LogP contribution in [0.2, 0.25) is 0 Å². The molecular weight excluding hydrogens is 292 g/mol. The van der Waals surface area contributed by atoms with Gasteiger partial charge in [0.2, 0.25) is 5.78 Å². The van der Waals surface area contributed by atoms with Gasteiger partial charge >= 0.3 is 0 Å². The molecule has 2 aromatic rings. The van der Waals surface area contributed by atoms with Crippen LogP contribution in [-0.4, -0.2) is 24.3 Å². The monoisotopic (exact) mass is 302 g/mol. The van der Waals surface area contributed by atoms with Crippen molar-refractivity contribution in [1.82, 2.24) is 0 Å². The average molecular weight is 302 g/mol. The zero-order valence-corrected chi connectivity index (χ0v) is 12.2. The van der Waals surface area contributed by atoms with Crippen LogP contribution in [0.4, 0.5) is 0 Å². The first kappa shape index (κ1) is 13.5. The van der Waals surface area contributed by atoms with E-state index in [9.17, 15) is 14.4 Å². The lowest BCUT2D eigenvalue weighted by molar-refractivity contribution is -0.111. The molecule has 0 saturated carbocycles. The molecule has 23 heavy (non-hydrogen) atoms. The highest BCUT2D eigenvalue weighted by Crippen LogP contribution is 2.54. The largest absolute Gasteiger partial charge is 0.493 e. The third-order valence-corrected chi connectivity index (χ3v) is 4.23. The molecule has 2 aromatic carbocycles. The minimum atomic E-state index is -0.617. The fraction of sp³-hybridized carbons (Fsp3) is 0.105. The van der Waals surface area contributed by atoms with Gasteiger partial charge in [0.1, 0.15) is 28.8 Å². The van der Waals surface area contributed by atoms with Gasteiger partial charge < -0.3 is 4.74 Å². The standard InChI is InChI=1S/C19H10O4/c1-2-23-14-7-6-10-4-3-5-11-15(10)18(14)17-13(9-21)19(22)12(8-20)16(11)17/h3-7H,2H2,1H3. The van der Waals surface area contributed by atoms with Crippen molar-refractivity contribution in [3.05, 3.63) is 52.6 Å². The van der Waals surface area contributed by atoms with Crippen LogP contribution in [-0.2, 0) is 14.4 Å². The van der Waals surface area contributed by atoms with Crippen LogP contribution in [0.1, 0.15) is 18.1 Å². The van der Waals surface area contributed by atoms with Crippen molar-refractivity contribution in [3.63, 3.8) is 0 Å². The molecule has 0 aromatic heterocycles. The van der Waals surface area contributed by atoms with Gasteiger partial charge in [0.15, 0.2) is 0 Å². The summed E-state index contributed by atoms with van der Waals surface area (Å²) in [6, 6.07) is 9.37. The van der Waals surface area contributed by atoms with Crippen LogP contribution in [0.15, 0.2) is 41.5 Å². The number of hydrogen-bond donors (Lipinski definition) is 0. The molecule has 0 saturated heterocycles. The first-order valence-electron chi connectivity index (χ1n) is 7.22. The van der Waals surface area contributed by atoms with E-state index in [1.165, 1.54) is 0 Å². The topological polar surface area (TPSA) is 60.4 Å². The van der Waals surface area contributed by atoms with E-state index in [2.05, 4.69) is 0 Å². The zero-order chi connectivity index (χ0) is 16.1. The molecule has 0 heterocycles. The summed E-state index contributed by atoms with van der Waals surface area (Å²) < 4.78 is 5.68. The van der Waals surface area contributed by atoms with Crippen LogP contribution in [0.5, 0.6) is 5.75 Å². The summed E-state index contributed by atoms with van der Waals surface area (Å²) in [6.07, 6.45) is 0. The van der Waals surface area contributed by atoms with E-state index < -0.39 is 5.78 Å². The Morgan fingerprint density at radius 3 is 2.43 bits per heavy atom. The Balaban J connectivity index is 2.21. The maximum Gasteiger partial charge on any atom is 0.216 e. The Morgan fingerprint density at radius 1 is 1.00 bits per heavy atom. The lowest BCUT2D eigenvalue weighted by Gasteiger charge is -2.12. The molecule has 0 fully saturated rings. The van der Waals surface area contributed by atoms with Crippen molar-refractivity contribution >= 4 is 39.6 Å². The van der Waals surface area contributed by atoms with Crippen molar-refractivity contribution in [2.24, 2.45) is 0 Å². The van der Waals surface area contributed by atoms with E-state index in [1.54, 1.807) is 11.9 Å². The second-order valence-electron chi connectivity index (χ2n) is 5.31. The van der Waals surface area contributed by atoms with Gasteiger partial charge in [-0.1, -0.05) is 24.3 Å². The van der Waals surface area contributed by atoms with Crippen LogP contribution >= 0.6 is 0 Å². The van der Waals surface area contributed by atoms with Gasteiger partial charge in [-0.15, -0.1) is 0 Å². The average Bonchev–Trinajstić information content (AvgIpc) is 3.03. The number of rotatable bonds is 2. The first-order valence-corrected chi connectivity index (χ1v) is 7.22. The Morgan fingerprint density at radius 2 is 1.74 bits per heavy atom. The predicted octanol–water partition coefficient (Wildman–Crippen LogP) is 2.56. The number of hydrogen-bond acceptors (Lipinski definition) is 4. The Kier molecular flexibility index (Phi) is 2.73. The van der Waals surface area contributed by atoms with Crippen molar-refractivity contribution in [2.45, 2.75) is 6.92 Å². The number of ether oxygens (including phenoxy) is 1. The van der Waals surface area contributed by atoms with Gasteiger partial charge in [-0.3, -0.25) is 4.79 Å². The maximum atomic E-state index is 12.3. The molecule has 0 unspecified atom stereocenters. The van der Waals surface area contributed by atoms with E-state index in [0.717, 1.165) is 16.3 Å². The van der Waals surface area contributed by atoms with E-state index in [-0.39, 0.29) is 11.1 Å². The highest BCUT2D eigenvalue weighted by atomic mass is 16.5. The van der Waals surface area contributed by atoms with E-state index in [4.69, 9.17) is 4.74 Å². The molecular formula is C19H10O4. The van der Waals surface area contributed by atoms with Gasteiger partial charge in [0.25, 0.3) is 0 Å². The van der Waals surface area contributed by atoms with Crippen LogP contribution < -0.4 is 4.74 Å². The van der Waals surface area contributed by atoms with Crippen LogP contribution in [0.3, 0.4) is 0 Å². The van der Waals surface area contributed by atoms with E-state index in [0.29, 0.717) is 29.1 Å². The second-order valence-corrected chi connectivity index (χ2v) is 5.31. The molecule has 4 heteroatoms. The number of allylic oxidation sites excluding steroid dienone is 4. The number of Topliss-reactive ketones (excluding diaryl/α,β-unsaturated/α-hetero) is 1. The Bertz CT molecular complexity index is 1040. The van der Waals surface area contributed by atoms with Crippen molar-refractivity contribution in [3.8, 4) is 5.75 Å². The van der Waals surface area contributed by atoms with Crippen molar-refractivity contribution in [2.75, 3.05) is 6.61 Å². The zero-order valence-electron chi connectivity index (χ0n) is 12.2. The summed E-state index contributed by atoms with van der Waals surface area (Å²) in [5, 5.41) is 1.84. The maximum absolute atomic E-state index is 12.3. The van der Waals surface area contributed by atoms with Crippen LogP contribution in [0, 0.1) is 0 Å². The number of carbonyl (C=O) groups excluding carboxylic acids is 3. The molecule has 0 bridgehead atoms. The molecule has 0 radical (unpaired) electrons. The third kappa shape index (κ3) is 1.54. The minimum Gasteiger partial charge on any atom is -0.493 e. The minimum absolute atomic E-state index is 0.107. The first-order chi connectivity index (χ1) is 11.2. The Labute approximate surface area is 131 Å². The number of carbonyl (C=O) groups is 1. The summed E-state index contributed by atoms with van der Waals surface area (Å²) in [6.45, 7) is 2.31. The molecule has 0 atom stereocenters. The number of fused-ring (bicyclic) bond motifs is 2. The number of benzene rings is 2. The third-order valence-electron chi connectivity index (χ3n) is 4.23. The van der Waals surface area contributed by atoms with Gasteiger partial charge in [-0.05, 0) is 23.9 Å². The smallest absolute Gasteiger partial charge is 0.216 e. The SMILES string of the molecule is CCOc1ccc2cccc3c2c1C1=C3C(=C=O)C(=O)C1=C=O. The summed E-state index contributed by atoms with van der Waals surface area (Å²) in [7, 11) is 0. The fourth-order valence-electron chi connectivity index (χ4n) is 3.41. The van der Waals surface area contributed by atoms with Crippen molar-refractivity contribution < 1.29 is 19.1 Å². The lowest BCUT2D eigenvalue weighted by atomic mass is 9.95. The summed E-state index contributed by atoms with van der Waals surface area (Å²) in [5.41, 5.74) is 2.13. The number of ketones is 1. The molecule has 0 spiro atoms. The molecule has 2 aliphatic carbocycles.